The molecule has 6 nitrogen and oxygen atoms in total. The molecule has 1 unspecified atom stereocenters. The van der Waals surface area contributed by atoms with Gasteiger partial charge in [-0.25, -0.2) is 10.6 Å². The molecule has 1 aromatic rings. The van der Waals surface area contributed by atoms with Crippen molar-refractivity contribution in [3.05, 3.63) is 27.7 Å². The third-order valence-electron chi connectivity index (χ3n) is 2.72. The Balaban J connectivity index is 3.27. The first-order chi connectivity index (χ1) is 9.34. The average molecular weight is 321 g/mol. The van der Waals surface area contributed by atoms with Crippen LogP contribution >= 0.6 is 23.2 Å². The van der Waals surface area contributed by atoms with E-state index in [0.29, 0.717) is 5.01 Å². The van der Waals surface area contributed by atoms with Crippen molar-refractivity contribution in [2.45, 2.75) is 19.4 Å². The fourth-order valence-electron chi connectivity index (χ4n) is 1.69. The van der Waals surface area contributed by atoms with Gasteiger partial charge in [-0.1, -0.05) is 30.1 Å². The van der Waals surface area contributed by atoms with Gasteiger partial charge in [0.2, 0.25) is 0 Å². The summed E-state index contributed by atoms with van der Waals surface area (Å²) in [7, 11) is 1.32. The predicted octanol–water partition coefficient (Wildman–Crippen LogP) is 2.18. The van der Waals surface area contributed by atoms with E-state index in [1.807, 2.05) is 0 Å². The van der Waals surface area contributed by atoms with Gasteiger partial charge in [0.05, 0.1) is 17.2 Å². The van der Waals surface area contributed by atoms with Crippen LogP contribution in [0.5, 0.6) is 5.75 Å². The molecule has 0 spiro atoms. The maximum absolute atomic E-state index is 12.3. The minimum Gasteiger partial charge on any atom is -0.494 e. The van der Waals surface area contributed by atoms with Gasteiger partial charge in [-0.3, -0.25) is 9.80 Å². The number of aliphatic carboxylic acids is 1. The summed E-state index contributed by atoms with van der Waals surface area (Å²) >= 11 is 11.9. The number of nitrogens with zero attached hydrogens (tertiary/aromatic N) is 1. The molecule has 0 aliphatic heterocycles. The molecule has 20 heavy (non-hydrogen) atoms. The zero-order valence-electron chi connectivity index (χ0n) is 10.9. The lowest BCUT2D eigenvalue weighted by atomic mass is 10.1. The van der Waals surface area contributed by atoms with Crippen molar-refractivity contribution in [1.29, 1.82) is 0 Å². The number of benzene rings is 1. The van der Waals surface area contributed by atoms with Crippen LogP contribution in [0, 0.1) is 0 Å². The minimum absolute atomic E-state index is 0.0554. The summed E-state index contributed by atoms with van der Waals surface area (Å²) in [6.07, 6.45) is 0.151. The summed E-state index contributed by atoms with van der Waals surface area (Å²) in [5.74, 6) is 3.67. The Morgan fingerprint density at radius 1 is 1.40 bits per heavy atom. The lowest BCUT2D eigenvalue weighted by Crippen LogP contribution is -2.49. The lowest BCUT2D eigenvalue weighted by molar-refractivity contribution is -0.142. The summed E-state index contributed by atoms with van der Waals surface area (Å²) in [5, 5.41) is 9.89. The summed E-state index contributed by atoms with van der Waals surface area (Å²) in [4.78, 5) is 23.4. The van der Waals surface area contributed by atoms with Crippen molar-refractivity contribution in [1.82, 2.24) is 5.01 Å². The number of hydrazine groups is 1. The maximum atomic E-state index is 12.3. The number of amides is 1. The van der Waals surface area contributed by atoms with Crippen molar-refractivity contribution < 1.29 is 19.4 Å². The first-order valence-corrected chi connectivity index (χ1v) is 6.43. The normalized spacial score (nSPS) is 11.8. The third-order valence-corrected chi connectivity index (χ3v) is 3.33. The molecule has 0 aliphatic carbocycles. The first kappa shape index (κ1) is 16.6. The summed E-state index contributed by atoms with van der Waals surface area (Å²) in [6.45, 7) is 1.60. The zero-order chi connectivity index (χ0) is 15.4. The van der Waals surface area contributed by atoms with Crippen LogP contribution in [0.25, 0.3) is 0 Å². The zero-order valence-corrected chi connectivity index (χ0v) is 12.4. The highest BCUT2D eigenvalue weighted by atomic mass is 35.5. The quantitative estimate of drug-likeness (QED) is 0.492. The van der Waals surface area contributed by atoms with Crippen LogP contribution in [-0.4, -0.2) is 35.1 Å². The fraction of sp³-hybridized carbons (Fsp3) is 0.333. The number of hydrogen-bond acceptors (Lipinski definition) is 4. The van der Waals surface area contributed by atoms with Crippen LogP contribution in [-0.2, 0) is 4.79 Å². The SMILES string of the molecule is CCC(C(=O)O)N(N)C(=O)c1c(Cl)ccc(Cl)c1OC. The summed E-state index contributed by atoms with van der Waals surface area (Å²) in [6, 6.07) is 1.71. The molecule has 110 valence electrons. The average Bonchev–Trinajstić information content (AvgIpc) is 2.40. The van der Waals surface area contributed by atoms with Gasteiger partial charge in [-0.05, 0) is 18.6 Å². The number of carbonyl (C=O) groups excluding carboxylic acids is 1. The highest BCUT2D eigenvalue weighted by molar-refractivity contribution is 6.37. The largest absolute Gasteiger partial charge is 0.494 e. The molecule has 0 saturated heterocycles. The molecule has 1 atom stereocenters. The molecule has 0 saturated carbocycles. The molecule has 3 N–H and O–H groups in total. The van der Waals surface area contributed by atoms with E-state index in [4.69, 9.17) is 38.9 Å². The van der Waals surface area contributed by atoms with Crippen LogP contribution in [0.2, 0.25) is 10.0 Å². The molecular weight excluding hydrogens is 307 g/mol. The Labute approximate surface area is 126 Å². The Morgan fingerprint density at radius 3 is 2.40 bits per heavy atom. The van der Waals surface area contributed by atoms with Crippen LogP contribution in [0.4, 0.5) is 0 Å². The van der Waals surface area contributed by atoms with E-state index in [1.54, 1.807) is 6.92 Å². The van der Waals surface area contributed by atoms with E-state index < -0.39 is 17.9 Å². The molecule has 0 radical (unpaired) electrons. The van der Waals surface area contributed by atoms with Crippen molar-refractivity contribution in [2.24, 2.45) is 5.84 Å². The Bertz CT molecular complexity index is 536. The van der Waals surface area contributed by atoms with Gasteiger partial charge in [-0.15, -0.1) is 0 Å². The van der Waals surface area contributed by atoms with E-state index in [0.717, 1.165) is 0 Å². The highest BCUT2D eigenvalue weighted by Gasteiger charge is 2.30. The predicted molar refractivity (Wildman–Crippen MR) is 75.1 cm³/mol. The van der Waals surface area contributed by atoms with Crippen LogP contribution < -0.4 is 10.6 Å². The van der Waals surface area contributed by atoms with Gasteiger partial charge < -0.3 is 9.84 Å². The Hall–Kier alpha value is -1.50. The number of methoxy groups -OCH3 is 1. The molecule has 1 rings (SSSR count). The van der Waals surface area contributed by atoms with Crippen molar-refractivity contribution >= 4 is 35.1 Å². The molecule has 0 fully saturated rings. The van der Waals surface area contributed by atoms with E-state index in [1.165, 1.54) is 19.2 Å². The second kappa shape index (κ2) is 6.78. The van der Waals surface area contributed by atoms with Gasteiger partial charge in [0, 0.05) is 0 Å². The summed E-state index contributed by atoms with van der Waals surface area (Å²) < 4.78 is 5.04. The third kappa shape index (κ3) is 3.15. The molecule has 0 bridgehead atoms. The number of carboxylic acids is 1. The number of carboxylic acid groups (broad SMARTS) is 1. The minimum atomic E-state index is -1.21. The highest BCUT2D eigenvalue weighted by Crippen LogP contribution is 2.34. The number of halogens is 2. The second-order valence-electron chi connectivity index (χ2n) is 3.91. The van der Waals surface area contributed by atoms with Gasteiger partial charge in [0.15, 0.2) is 5.75 Å². The number of hydrogen-bond donors (Lipinski definition) is 2. The Morgan fingerprint density at radius 2 is 1.95 bits per heavy atom. The fourth-order valence-corrected chi connectivity index (χ4v) is 2.16. The molecule has 8 heteroatoms. The van der Waals surface area contributed by atoms with E-state index in [9.17, 15) is 9.59 Å². The number of nitrogens with two attached hydrogens (primary N) is 1. The van der Waals surface area contributed by atoms with Gasteiger partial charge >= 0.3 is 5.97 Å². The van der Waals surface area contributed by atoms with Crippen LogP contribution in [0.1, 0.15) is 23.7 Å². The van der Waals surface area contributed by atoms with Crippen molar-refractivity contribution in [2.75, 3.05) is 7.11 Å². The topological polar surface area (TPSA) is 92.9 Å². The van der Waals surface area contributed by atoms with Crippen molar-refractivity contribution in [3.8, 4) is 5.75 Å². The molecular formula is C12H14Cl2N2O4. The molecule has 0 heterocycles. The Kier molecular flexibility index (Phi) is 5.62. The lowest BCUT2D eigenvalue weighted by Gasteiger charge is -2.24. The van der Waals surface area contributed by atoms with Crippen molar-refractivity contribution in [3.63, 3.8) is 0 Å². The van der Waals surface area contributed by atoms with Crippen LogP contribution in [0.3, 0.4) is 0 Å². The van der Waals surface area contributed by atoms with Gasteiger partial charge in [0.25, 0.3) is 5.91 Å². The molecule has 1 amide bonds. The molecule has 0 aliphatic rings. The number of carbonyl (C=O) groups is 2. The van der Waals surface area contributed by atoms with Gasteiger partial charge in [0.1, 0.15) is 11.6 Å². The molecule has 1 aromatic carbocycles. The van der Waals surface area contributed by atoms with Gasteiger partial charge in [-0.2, -0.15) is 0 Å². The van der Waals surface area contributed by atoms with E-state index in [2.05, 4.69) is 0 Å². The first-order valence-electron chi connectivity index (χ1n) is 5.68. The molecule has 0 aromatic heterocycles. The van der Waals surface area contributed by atoms with E-state index >= 15 is 0 Å². The maximum Gasteiger partial charge on any atom is 0.328 e. The number of ether oxygens (including phenoxy) is 1. The van der Waals surface area contributed by atoms with Crippen LogP contribution in [0.15, 0.2) is 12.1 Å². The number of rotatable bonds is 5. The summed E-state index contributed by atoms with van der Waals surface area (Å²) in [5.41, 5.74) is -0.0659. The standard InChI is InChI=1S/C12H14Cl2N2O4/c1-3-8(12(18)19)16(15)11(17)9-6(13)4-5-7(14)10(9)20-2/h4-5,8H,3,15H2,1-2H3,(H,18,19). The monoisotopic (exact) mass is 320 g/mol. The smallest absolute Gasteiger partial charge is 0.328 e. The van der Waals surface area contributed by atoms with E-state index in [-0.39, 0.29) is 27.8 Å². The second-order valence-corrected chi connectivity index (χ2v) is 4.73.